The zero-order valence-electron chi connectivity index (χ0n) is 13.4. The zero-order chi connectivity index (χ0) is 15.5. The first-order valence-corrected chi connectivity index (χ1v) is 7.77. The van der Waals surface area contributed by atoms with Crippen LogP contribution in [-0.2, 0) is 6.42 Å². The zero-order valence-corrected chi connectivity index (χ0v) is 13.4. The molecule has 0 saturated carbocycles. The summed E-state index contributed by atoms with van der Waals surface area (Å²) in [5.41, 5.74) is 0.999. The summed E-state index contributed by atoms with van der Waals surface area (Å²) in [6.07, 6.45) is 2.43. The molecule has 0 aliphatic carbocycles. The largest absolute Gasteiger partial charge is 0.354 e. The number of aromatic nitrogens is 4. The summed E-state index contributed by atoms with van der Waals surface area (Å²) in [6, 6.07) is 2.19. The van der Waals surface area contributed by atoms with Crippen LogP contribution in [0.5, 0.6) is 0 Å². The van der Waals surface area contributed by atoms with Crippen molar-refractivity contribution in [2.75, 3.05) is 31.1 Å². The number of hydrogen-bond acceptors (Lipinski definition) is 7. The van der Waals surface area contributed by atoms with E-state index < -0.39 is 0 Å². The molecule has 0 N–H and O–H groups in total. The Bertz CT molecular complexity index is 620. The Morgan fingerprint density at radius 1 is 1.23 bits per heavy atom. The molecule has 1 saturated heterocycles. The lowest BCUT2D eigenvalue weighted by Gasteiger charge is -2.37. The van der Waals surface area contributed by atoms with Gasteiger partial charge in [-0.3, -0.25) is 4.90 Å². The van der Waals surface area contributed by atoms with Crippen molar-refractivity contribution in [2.45, 2.75) is 33.2 Å². The summed E-state index contributed by atoms with van der Waals surface area (Å²) in [4.78, 5) is 17.6. The van der Waals surface area contributed by atoms with Crippen LogP contribution in [0.1, 0.15) is 37.3 Å². The van der Waals surface area contributed by atoms with E-state index in [1.54, 1.807) is 6.33 Å². The molecule has 3 rings (SSSR count). The van der Waals surface area contributed by atoms with E-state index in [2.05, 4.69) is 36.8 Å². The molecule has 7 heteroatoms. The molecule has 22 heavy (non-hydrogen) atoms. The molecule has 0 spiro atoms. The maximum absolute atomic E-state index is 5.36. The molecule has 0 aromatic carbocycles. The van der Waals surface area contributed by atoms with Crippen molar-refractivity contribution in [3.05, 3.63) is 29.8 Å². The molecular formula is C15H22N6O. The highest BCUT2D eigenvalue weighted by molar-refractivity contribution is 5.39. The van der Waals surface area contributed by atoms with Crippen LogP contribution >= 0.6 is 0 Å². The van der Waals surface area contributed by atoms with Gasteiger partial charge in [-0.1, -0.05) is 12.1 Å². The SMILES string of the molecule is CCc1noc(C(C)N2CCN(c3cc(C)ncn3)CC2)n1. The van der Waals surface area contributed by atoms with Crippen LogP contribution in [0.15, 0.2) is 16.9 Å². The van der Waals surface area contributed by atoms with Crippen molar-refractivity contribution < 1.29 is 4.52 Å². The monoisotopic (exact) mass is 302 g/mol. The van der Waals surface area contributed by atoms with Crippen LogP contribution in [0.25, 0.3) is 0 Å². The van der Waals surface area contributed by atoms with E-state index in [4.69, 9.17) is 4.52 Å². The van der Waals surface area contributed by atoms with Crippen molar-refractivity contribution in [3.63, 3.8) is 0 Å². The van der Waals surface area contributed by atoms with Gasteiger partial charge in [-0.05, 0) is 13.8 Å². The Balaban J connectivity index is 1.61. The van der Waals surface area contributed by atoms with E-state index in [0.717, 1.165) is 49.9 Å². The third kappa shape index (κ3) is 3.09. The number of nitrogens with zero attached hydrogens (tertiary/aromatic N) is 6. The number of anilines is 1. The van der Waals surface area contributed by atoms with E-state index in [1.165, 1.54) is 0 Å². The lowest BCUT2D eigenvalue weighted by molar-refractivity contribution is 0.164. The van der Waals surface area contributed by atoms with E-state index >= 15 is 0 Å². The van der Waals surface area contributed by atoms with Gasteiger partial charge in [0.15, 0.2) is 5.82 Å². The summed E-state index contributed by atoms with van der Waals surface area (Å²) in [6.45, 7) is 9.93. The molecule has 3 heterocycles. The van der Waals surface area contributed by atoms with Crippen LogP contribution in [0, 0.1) is 6.92 Å². The van der Waals surface area contributed by atoms with Gasteiger partial charge < -0.3 is 9.42 Å². The van der Waals surface area contributed by atoms with Crippen LogP contribution in [-0.4, -0.2) is 51.2 Å². The van der Waals surface area contributed by atoms with E-state index in [9.17, 15) is 0 Å². The fourth-order valence-electron chi connectivity index (χ4n) is 2.69. The Morgan fingerprint density at radius 2 is 2.00 bits per heavy atom. The first kappa shape index (κ1) is 14.9. The van der Waals surface area contributed by atoms with Crippen LogP contribution in [0.3, 0.4) is 0 Å². The molecule has 1 aliphatic rings. The fraction of sp³-hybridized carbons (Fsp3) is 0.600. The van der Waals surface area contributed by atoms with E-state index in [-0.39, 0.29) is 6.04 Å². The van der Waals surface area contributed by atoms with Crippen molar-refractivity contribution in [3.8, 4) is 0 Å². The molecule has 1 atom stereocenters. The molecule has 118 valence electrons. The van der Waals surface area contributed by atoms with Crippen LogP contribution in [0.2, 0.25) is 0 Å². The van der Waals surface area contributed by atoms with Gasteiger partial charge in [-0.25, -0.2) is 9.97 Å². The predicted octanol–water partition coefficient (Wildman–Crippen LogP) is 1.61. The van der Waals surface area contributed by atoms with Gasteiger partial charge in [0.05, 0.1) is 6.04 Å². The Labute approximate surface area is 130 Å². The first-order valence-electron chi connectivity index (χ1n) is 7.77. The van der Waals surface area contributed by atoms with Crippen molar-refractivity contribution in [1.82, 2.24) is 25.0 Å². The summed E-state index contributed by atoms with van der Waals surface area (Å²) < 4.78 is 5.36. The topological polar surface area (TPSA) is 71.2 Å². The number of aryl methyl sites for hydroxylation is 2. The van der Waals surface area contributed by atoms with Crippen molar-refractivity contribution in [2.24, 2.45) is 0 Å². The predicted molar refractivity (Wildman–Crippen MR) is 82.6 cm³/mol. The highest BCUT2D eigenvalue weighted by Crippen LogP contribution is 2.22. The minimum absolute atomic E-state index is 0.155. The summed E-state index contributed by atoms with van der Waals surface area (Å²) in [7, 11) is 0. The molecule has 1 unspecified atom stereocenters. The molecule has 0 amide bonds. The molecule has 0 bridgehead atoms. The van der Waals surface area contributed by atoms with Crippen LogP contribution in [0.4, 0.5) is 5.82 Å². The van der Waals surface area contributed by atoms with Gasteiger partial charge in [0.25, 0.3) is 0 Å². The van der Waals surface area contributed by atoms with Crippen LogP contribution < -0.4 is 4.90 Å². The third-order valence-electron chi connectivity index (χ3n) is 4.13. The van der Waals surface area contributed by atoms with Crippen molar-refractivity contribution in [1.29, 1.82) is 0 Å². The summed E-state index contributed by atoms with van der Waals surface area (Å²) in [5.74, 6) is 2.49. The molecule has 7 nitrogen and oxygen atoms in total. The second-order valence-corrected chi connectivity index (χ2v) is 5.62. The molecule has 2 aromatic rings. The lowest BCUT2D eigenvalue weighted by Crippen LogP contribution is -2.47. The Morgan fingerprint density at radius 3 is 2.64 bits per heavy atom. The van der Waals surface area contributed by atoms with Gasteiger partial charge in [0, 0.05) is 44.4 Å². The minimum atomic E-state index is 0.155. The molecule has 0 radical (unpaired) electrons. The normalized spacial score (nSPS) is 17.7. The highest BCUT2D eigenvalue weighted by Gasteiger charge is 2.26. The number of piperazine rings is 1. The van der Waals surface area contributed by atoms with E-state index in [0.29, 0.717) is 5.89 Å². The van der Waals surface area contributed by atoms with Gasteiger partial charge in [0.2, 0.25) is 5.89 Å². The molecular weight excluding hydrogens is 280 g/mol. The third-order valence-corrected chi connectivity index (χ3v) is 4.13. The Hall–Kier alpha value is -2.02. The molecule has 1 aliphatic heterocycles. The maximum Gasteiger partial charge on any atom is 0.243 e. The quantitative estimate of drug-likeness (QED) is 0.849. The summed E-state index contributed by atoms with van der Waals surface area (Å²) in [5, 5.41) is 3.98. The minimum Gasteiger partial charge on any atom is -0.354 e. The second-order valence-electron chi connectivity index (χ2n) is 5.62. The van der Waals surface area contributed by atoms with Gasteiger partial charge in [-0.15, -0.1) is 0 Å². The Kier molecular flexibility index (Phi) is 4.33. The molecule has 1 fully saturated rings. The second kappa shape index (κ2) is 6.39. The van der Waals surface area contributed by atoms with Gasteiger partial charge >= 0.3 is 0 Å². The average Bonchev–Trinajstić information content (AvgIpc) is 3.03. The average molecular weight is 302 g/mol. The number of rotatable bonds is 4. The molecule has 2 aromatic heterocycles. The van der Waals surface area contributed by atoms with Gasteiger partial charge in [0.1, 0.15) is 12.1 Å². The fourth-order valence-corrected chi connectivity index (χ4v) is 2.69. The lowest BCUT2D eigenvalue weighted by atomic mass is 10.2. The maximum atomic E-state index is 5.36. The van der Waals surface area contributed by atoms with Gasteiger partial charge in [-0.2, -0.15) is 4.98 Å². The first-order chi connectivity index (χ1) is 10.7. The smallest absolute Gasteiger partial charge is 0.243 e. The summed E-state index contributed by atoms with van der Waals surface area (Å²) >= 11 is 0. The number of hydrogen-bond donors (Lipinski definition) is 0. The highest BCUT2D eigenvalue weighted by atomic mass is 16.5. The van der Waals surface area contributed by atoms with E-state index in [1.807, 2.05) is 19.9 Å². The standard InChI is InChI=1S/C15H22N6O/c1-4-13-18-15(22-19-13)12(3)20-5-7-21(8-6-20)14-9-11(2)16-10-17-14/h9-10,12H,4-8H2,1-3H3. The van der Waals surface area contributed by atoms with Crippen molar-refractivity contribution >= 4 is 5.82 Å².